The molecule has 3 heterocycles. The second-order valence-electron chi connectivity index (χ2n) is 7.00. The monoisotopic (exact) mass is 390 g/mol. The number of carbonyl (C=O) groups is 1. The van der Waals surface area contributed by atoms with Crippen molar-refractivity contribution in [1.29, 1.82) is 0 Å². The molecule has 136 valence electrons. The first-order chi connectivity index (χ1) is 12.6. The summed E-state index contributed by atoms with van der Waals surface area (Å²) in [7, 11) is 0. The van der Waals surface area contributed by atoms with Crippen LogP contribution in [0.15, 0.2) is 12.1 Å². The Balaban J connectivity index is 1.50. The van der Waals surface area contributed by atoms with Crippen LogP contribution in [0.25, 0.3) is 0 Å². The Labute approximate surface area is 160 Å². The third kappa shape index (κ3) is 2.47. The average molecular weight is 391 g/mol. The molecule has 5 nitrogen and oxygen atoms in total. The topological polar surface area (TPSA) is 59.6 Å². The number of thiophene rings is 1. The molecule has 26 heavy (non-hydrogen) atoms. The molecule has 1 aliphatic carbocycles. The molecule has 1 aromatic carbocycles. The number of carbonyl (C=O) groups excluding carboxylic acids is 1. The molecule has 0 saturated carbocycles. The lowest BCUT2D eigenvalue weighted by molar-refractivity contribution is 0.0935. The fourth-order valence-corrected chi connectivity index (χ4v) is 5.67. The van der Waals surface area contributed by atoms with Crippen LogP contribution in [0.4, 0.5) is 5.00 Å². The number of hydrogen-bond acceptors (Lipinski definition) is 5. The highest BCUT2D eigenvalue weighted by molar-refractivity contribution is 7.16. The summed E-state index contributed by atoms with van der Waals surface area (Å²) in [5.74, 6) is 2.00. The van der Waals surface area contributed by atoms with Crippen LogP contribution in [0.1, 0.15) is 52.3 Å². The number of hydrogen-bond donors (Lipinski definition) is 2. The number of amides is 1. The smallest absolute Gasteiger partial charge is 0.256 e. The maximum atomic E-state index is 12.9. The van der Waals surface area contributed by atoms with Crippen LogP contribution in [-0.4, -0.2) is 12.7 Å². The van der Waals surface area contributed by atoms with Gasteiger partial charge in [-0.05, 0) is 36.8 Å². The van der Waals surface area contributed by atoms with Crippen molar-refractivity contribution < 1.29 is 14.3 Å². The zero-order chi connectivity index (χ0) is 17.8. The van der Waals surface area contributed by atoms with Crippen molar-refractivity contribution in [3.05, 3.63) is 38.7 Å². The highest BCUT2D eigenvalue weighted by atomic mass is 35.5. The fraction of sp³-hybridized carbons (Fsp3) is 0.421. The Bertz CT molecular complexity index is 911. The van der Waals surface area contributed by atoms with Gasteiger partial charge in [-0.15, -0.1) is 11.3 Å². The van der Waals surface area contributed by atoms with Crippen molar-refractivity contribution >= 4 is 33.8 Å². The SMILES string of the molecule is CC[C@@H]1CCc2c(sc3c2C(=O)N[C@@H](c2cc4c(cc2Cl)OCO4)N3)C1. The lowest BCUT2D eigenvalue weighted by Crippen LogP contribution is -2.38. The zero-order valence-corrected chi connectivity index (χ0v) is 15.9. The third-order valence-electron chi connectivity index (χ3n) is 5.53. The lowest BCUT2D eigenvalue weighted by atomic mass is 9.85. The van der Waals surface area contributed by atoms with Gasteiger partial charge in [0.2, 0.25) is 6.79 Å². The van der Waals surface area contributed by atoms with E-state index in [1.54, 1.807) is 17.4 Å². The van der Waals surface area contributed by atoms with Gasteiger partial charge in [0.25, 0.3) is 5.91 Å². The summed E-state index contributed by atoms with van der Waals surface area (Å²) in [6, 6.07) is 3.59. The Kier molecular flexibility index (Phi) is 3.79. The first-order valence-corrected chi connectivity index (χ1v) is 10.1. The van der Waals surface area contributed by atoms with Crippen LogP contribution < -0.4 is 20.1 Å². The Morgan fingerprint density at radius 3 is 2.88 bits per heavy atom. The largest absolute Gasteiger partial charge is 0.454 e. The molecule has 3 aliphatic rings. The molecule has 7 heteroatoms. The molecule has 0 saturated heterocycles. The third-order valence-corrected chi connectivity index (χ3v) is 7.04. The molecule has 1 amide bonds. The second-order valence-corrected chi connectivity index (χ2v) is 8.52. The van der Waals surface area contributed by atoms with Gasteiger partial charge in [-0.25, -0.2) is 0 Å². The number of anilines is 1. The molecule has 5 rings (SSSR count). The van der Waals surface area contributed by atoms with Crippen molar-refractivity contribution in [2.75, 3.05) is 12.1 Å². The molecule has 0 spiro atoms. The van der Waals surface area contributed by atoms with Crippen LogP contribution in [0.3, 0.4) is 0 Å². The van der Waals surface area contributed by atoms with Gasteiger partial charge in [0.15, 0.2) is 11.5 Å². The standard InChI is InChI=1S/C19H19ClN2O3S/c1-2-9-3-4-10-15(5-9)26-19-16(10)18(23)21-17(22-19)11-6-13-14(7-12(11)20)25-8-24-13/h6-7,9,17,22H,2-5,8H2,1H3,(H,21,23)/t9-,17-/m1/s1. The summed E-state index contributed by atoms with van der Waals surface area (Å²) in [6.07, 6.45) is 4.05. The number of rotatable bonds is 2. The minimum atomic E-state index is -0.376. The molecule has 2 N–H and O–H groups in total. The first-order valence-electron chi connectivity index (χ1n) is 8.95. The zero-order valence-electron chi connectivity index (χ0n) is 14.4. The highest BCUT2D eigenvalue weighted by Gasteiger charge is 2.34. The maximum Gasteiger partial charge on any atom is 0.256 e. The number of benzene rings is 1. The van der Waals surface area contributed by atoms with E-state index in [4.69, 9.17) is 21.1 Å². The molecular weight excluding hydrogens is 372 g/mol. The minimum absolute atomic E-state index is 0.0232. The van der Waals surface area contributed by atoms with Crippen LogP contribution in [0.2, 0.25) is 5.02 Å². The minimum Gasteiger partial charge on any atom is -0.454 e. The van der Waals surface area contributed by atoms with Crippen molar-refractivity contribution in [2.45, 2.75) is 38.8 Å². The number of ether oxygens (including phenoxy) is 2. The normalized spacial score (nSPS) is 23.1. The average Bonchev–Trinajstić information content (AvgIpc) is 3.23. The van der Waals surface area contributed by atoms with E-state index in [2.05, 4.69) is 17.6 Å². The summed E-state index contributed by atoms with van der Waals surface area (Å²) in [6.45, 7) is 2.44. The number of halogens is 1. The van der Waals surface area contributed by atoms with Crippen LogP contribution in [0.5, 0.6) is 11.5 Å². The quantitative estimate of drug-likeness (QED) is 0.792. The van der Waals surface area contributed by atoms with Crippen molar-refractivity contribution in [3.63, 3.8) is 0 Å². The number of nitrogens with one attached hydrogen (secondary N) is 2. The van der Waals surface area contributed by atoms with E-state index in [0.29, 0.717) is 16.5 Å². The van der Waals surface area contributed by atoms with E-state index >= 15 is 0 Å². The van der Waals surface area contributed by atoms with Crippen molar-refractivity contribution in [2.24, 2.45) is 5.92 Å². The maximum absolute atomic E-state index is 12.9. The van der Waals surface area contributed by atoms with Gasteiger partial charge in [0.1, 0.15) is 11.2 Å². The highest BCUT2D eigenvalue weighted by Crippen LogP contribution is 2.45. The van der Waals surface area contributed by atoms with E-state index < -0.39 is 0 Å². The molecular formula is C19H19ClN2O3S. The molecule has 2 atom stereocenters. The van der Waals surface area contributed by atoms with E-state index in [1.165, 1.54) is 16.9 Å². The van der Waals surface area contributed by atoms with Gasteiger partial charge < -0.3 is 20.1 Å². The van der Waals surface area contributed by atoms with Gasteiger partial charge in [-0.3, -0.25) is 4.79 Å². The number of fused-ring (bicyclic) bond motifs is 4. The van der Waals surface area contributed by atoms with E-state index in [-0.39, 0.29) is 18.9 Å². The Morgan fingerprint density at radius 1 is 1.27 bits per heavy atom. The summed E-state index contributed by atoms with van der Waals surface area (Å²) in [5, 5.41) is 8.03. The molecule has 0 unspecified atom stereocenters. The van der Waals surface area contributed by atoms with Crippen molar-refractivity contribution in [1.82, 2.24) is 5.32 Å². The molecule has 0 radical (unpaired) electrons. The Morgan fingerprint density at radius 2 is 2.08 bits per heavy atom. The van der Waals surface area contributed by atoms with Gasteiger partial charge in [0, 0.05) is 16.5 Å². The fourth-order valence-electron chi connectivity index (χ4n) is 4.02. The van der Waals surface area contributed by atoms with Gasteiger partial charge >= 0.3 is 0 Å². The summed E-state index contributed by atoms with van der Waals surface area (Å²) in [5.41, 5.74) is 2.84. The first kappa shape index (κ1) is 16.3. The van der Waals surface area contributed by atoms with Gasteiger partial charge in [-0.1, -0.05) is 24.9 Å². The van der Waals surface area contributed by atoms with Crippen LogP contribution in [0, 0.1) is 5.92 Å². The van der Waals surface area contributed by atoms with E-state index in [1.807, 2.05) is 6.07 Å². The lowest BCUT2D eigenvalue weighted by Gasteiger charge is -2.28. The van der Waals surface area contributed by atoms with E-state index in [9.17, 15) is 4.79 Å². The Hall–Kier alpha value is -1.92. The van der Waals surface area contributed by atoms with Gasteiger partial charge in [0.05, 0.1) is 10.6 Å². The summed E-state index contributed by atoms with van der Waals surface area (Å²) >= 11 is 8.15. The van der Waals surface area contributed by atoms with Crippen LogP contribution >= 0.6 is 22.9 Å². The summed E-state index contributed by atoms with van der Waals surface area (Å²) in [4.78, 5) is 14.2. The molecule has 2 aliphatic heterocycles. The molecule has 1 aromatic heterocycles. The second kappa shape index (κ2) is 6.06. The van der Waals surface area contributed by atoms with E-state index in [0.717, 1.165) is 41.3 Å². The summed E-state index contributed by atoms with van der Waals surface area (Å²) < 4.78 is 10.8. The molecule has 0 fully saturated rings. The molecule has 2 aromatic rings. The predicted molar refractivity (Wildman–Crippen MR) is 102 cm³/mol. The molecule has 0 bridgehead atoms. The van der Waals surface area contributed by atoms with Crippen LogP contribution in [-0.2, 0) is 12.8 Å². The van der Waals surface area contributed by atoms with Gasteiger partial charge in [-0.2, -0.15) is 0 Å². The predicted octanol–water partition coefficient (Wildman–Crippen LogP) is 4.50. The van der Waals surface area contributed by atoms with Crippen molar-refractivity contribution in [3.8, 4) is 11.5 Å².